The van der Waals surface area contributed by atoms with Crippen LogP contribution in [0.25, 0.3) is 0 Å². The summed E-state index contributed by atoms with van der Waals surface area (Å²) in [5.41, 5.74) is 0.399. The molecule has 0 bridgehead atoms. The Balaban J connectivity index is 1.94. The van der Waals surface area contributed by atoms with E-state index in [2.05, 4.69) is 15.6 Å². The Morgan fingerprint density at radius 2 is 2.38 bits per heavy atom. The Morgan fingerprint density at radius 1 is 1.56 bits per heavy atom. The molecule has 1 aliphatic rings. The number of pyridine rings is 1. The van der Waals surface area contributed by atoms with Crippen molar-refractivity contribution in [1.82, 2.24) is 10.3 Å². The predicted octanol–water partition coefficient (Wildman–Crippen LogP) is 0.859. The Kier molecular flexibility index (Phi) is 3.09. The van der Waals surface area contributed by atoms with Gasteiger partial charge in [0, 0.05) is 13.0 Å². The fourth-order valence-corrected chi connectivity index (χ4v) is 1.57. The van der Waals surface area contributed by atoms with Gasteiger partial charge < -0.3 is 10.6 Å². The van der Waals surface area contributed by atoms with E-state index in [1.54, 1.807) is 0 Å². The lowest BCUT2D eigenvalue weighted by Gasteiger charge is -2.10. The van der Waals surface area contributed by atoms with E-state index < -0.39 is 18.2 Å². The van der Waals surface area contributed by atoms with Gasteiger partial charge in [-0.05, 0) is 12.1 Å². The first-order chi connectivity index (χ1) is 7.65. The van der Waals surface area contributed by atoms with Gasteiger partial charge in [0.15, 0.2) is 0 Å². The molecule has 1 unspecified atom stereocenters. The number of nitrogens with zero attached hydrogens (tertiary/aromatic N) is 1. The minimum absolute atomic E-state index is 0.167. The highest BCUT2D eigenvalue weighted by atomic mass is 19.1. The summed E-state index contributed by atoms with van der Waals surface area (Å²) in [7, 11) is 0. The highest BCUT2D eigenvalue weighted by molar-refractivity contribution is 5.94. The number of amides is 1. The second kappa shape index (κ2) is 4.52. The van der Waals surface area contributed by atoms with Crippen LogP contribution in [0, 0.1) is 5.95 Å². The molecule has 4 nitrogen and oxygen atoms in total. The molecule has 1 aromatic heterocycles. The van der Waals surface area contributed by atoms with Crippen LogP contribution in [0.15, 0.2) is 18.3 Å². The Morgan fingerprint density at radius 3 is 2.94 bits per heavy atom. The first-order valence-electron chi connectivity index (χ1n) is 4.95. The van der Waals surface area contributed by atoms with Crippen LogP contribution in [0.2, 0.25) is 0 Å². The second-order valence-electron chi connectivity index (χ2n) is 3.65. The largest absolute Gasteiger partial charge is 0.323 e. The van der Waals surface area contributed by atoms with Gasteiger partial charge in [-0.3, -0.25) is 4.79 Å². The lowest BCUT2D eigenvalue weighted by molar-refractivity contribution is -0.117. The van der Waals surface area contributed by atoms with E-state index in [4.69, 9.17) is 0 Å². The highest BCUT2D eigenvalue weighted by Crippen LogP contribution is 2.12. The Bertz CT molecular complexity index is 382. The van der Waals surface area contributed by atoms with E-state index in [1.807, 2.05) is 0 Å². The van der Waals surface area contributed by atoms with Crippen molar-refractivity contribution < 1.29 is 13.6 Å². The van der Waals surface area contributed by atoms with E-state index in [9.17, 15) is 13.6 Å². The fraction of sp³-hybridized carbons (Fsp3) is 0.400. The zero-order chi connectivity index (χ0) is 11.5. The predicted molar refractivity (Wildman–Crippen MR) is 54.1 cm³/mol. The van der Waals surface area contributed by atoms with Gasteiger partial charge in [0.05, 0.1) is 17.9 Å². The van der Waals surface area contributed by atoms with Gasteiger partial charge in [-0.2, -0.15) is 4.39 Å². The van der Waals surface area contributed by atoms with E-state index in [1.165, 1.54) is 12.3 Å². The third-order valence-electron chi connectivity index (χ3n) is 2.39. The van der Waals surface area contributed by atoms with Crippen LogP contribution >= 0.6 is 0 Å². The van der Waals surface area contributed by atoms with Crippen molar-refractivity contribution in [3.05, 3.63) is 24.3 Å². The quantitative estimate of drug-likeness (QED) is 0.737. The number of aromatic nitrogens is 1. The number of halogens is 2. The first kappa shape index (κ1) is 10.9. The minimum atomic E-state index is -0.984. The molecule has 86 valence electrons. The Hall–Kier alpha value is -1.56. The molecule has 1 amide bonds. The topological polar surface area (TPSA) is 54.0 Å². The van der Waals surface area contributed by atoms with Gasteiger partial charge in [0.2, 0.25) is 11.9 Å². The van der Waals surface area contributed by atoms with Crippen molar-refractivity contribution in [2.45, 2.75) is 18.6 Å². The average molecular weight is 227 g/mol. The van der Waals surface area contributed by atoms with Crippen LogP contribution in [0.4, 0.5) is 14.5 Å². The molecular formula is C10H11F2N3O. The standard InChI is InChI=1S/C10H11F2N3O/c11-6-3-8(13-4-6)10(16)15-7-1-2-9(12)14-5-7/h1-2,5-6,8,13H,3-4H2,(H,15,16)/t6-,8?/m1/s1. The number of rotatable bonds is 2. The van der Waals surface area contributed by atoms with Gasteiger partial charge in [-0.15, -0.1) is 0 Å². The van der Waals surface area contributed by atoms with Gasteiger partial charge in [0.25, 0.3) is 0 Å². The summed E-state index contributed by atoms with van der Waals surface area (Å²) in [6, 6.07) is 2.03. The van der Waals surface area contributed by atoms with E-state index in [0.717, 1.165) is 6.07 Å². The molecule has 0 aliphatic carbocycles. The van der Waals surface area contributed by atoms with Crippen LogP contribution in [0.3, 0.4) is 0 Å². The molecule has 1 aromatic rings. The number of anilines is 1. The maximum atomic E-state index is 12.8. The zero-order valence-corrected chi connectivity index (χ0v) is 8.41. The molecule has 16 heavy (non-hydrogen) atoms. The average Bonchev–Trinajstić information content (AvgIpc) is 2.68. The maximum absolute atomic E-state index is 12.8. The number of nitrogens with one attached hydrogen (secondary N) is 2. The van der Waals surface area contributed by atoms with Crippen molar-refractivity contribution in [2.24, 2.45) is 0 Å². The van der Waals surface area contributed by atoms with Gasteiger partial charge in [-0.1, -0.05) is 0 Å². The summed E-state index contributed by atoms with van der Waals surface area (Å²) in [4.78, 5) is 15.0. The zero-order valence-electron chi connectivity index (χ0n) is 8.41. The number of hydrogen-bond donors (Lipinski definition) is 2. The Labute approximate surface area is 91.1 Å². The summed E-state index contributed by atoms with van der Waals surface area (Å²) in [6.07, 6.45) is 0.400. The molecule has 1 fully saturated rings. The van der Waals surface area contributed by atoms with Crippen LogP contribution in [0.1, 0.15) is 6.42 Å². The third kappa shape index (κ3) is 2.52. The lowest BCUT2D eigenvalue weighted by Crippen LogP contribution is -2.35. The van der Waals surface area contributed by atoms with Gasteiger partial charge in [-0.25, -0.2) is 9.37 Å². The molecule has 0 aromatic carbocycles. The molecule has 6 heteroatoms. The van der Waals surface area contributed by atoms with Gasteiger partial charge in [0.1, 0.15) is 6.17 Å². The molecule has 1 aliphatic heterocycles. The van der Waals surface area contributed by atoms with E-state index in [-0.39, 0.29) is 18.9 Å². The minimum Gasteiger partial charge on any atom is -0.323 e. The van der Waals surface area contributed by atoms with Crippen molar-refractivity contribution in [3.8, 4) is 0 Å². The van der Waals surface area contributed by atoms with Gasteiger partial charge >= 0.3 is 0 Å². The van der Waals surface area contributed by atoms with E-state index in [0.29, 0.717) is 5.69 Å². The third-order valence-corrected chi connectivity index (χ3v) is 2.39. The summed E-state index contributed by atoms with van der Waals surface area (Å²) >= 11 is 0. The number of carbonyl (C=O) groups excluding carboxylic acids is 1. The van der Waals surface area contributed by atoms with Crippen molar-refractivity contribution in [1.29, 1.82) is 0 Å². The number of carbonyl (C=O) groups is 1. The van der Waals surface area contributed by atoms with E-state index >= 15 is 0 Å². The molecule has 2 N–H and O–H groups in total. The van der Waals surface area contributed by atoms with Crippen LogP contribution in [-0.4, -0.2) is 29.6 Å². The normalized spacial score (nSPS) is 24.4. The van der Waals surface area contributed by atoms with Crippen LogP contribution in [0.5, 0.6) is 0 Å². The maximum Gasteiger partial charge on any atom is 0.241 e. The number of hydrogen-bond acceptors (Lipinski definition) is 3. The fourth-order valence-electron chi connectivity index (χ4n) is 1.57. The summed E-state index contributed by atoms with van der Waals surface area (Å²) < 4.78 is 25.3. The molecule has 2 heterocycles. The molecule has 2 atom stereocenters. The first-order valence-corrected chi connectivity index (χ1v) is 4.95. The van der Waals surface area contributed by atoms with Crippen LogP contribution < -0.4 is 10.6 Å². The SMILES string of the molecule is O=C(Nc1ccc(F)nc1)C1C[C@@H](F)CN1. The molecule has 0 radical (unpaired) electrons. The van der Waals surface area contributed by atoms with Crippen molar-refractivity contribution in [2.75, 3.05) is 11.9 Å². The van der Waals surface area contributed by atoms with Crippen molar-refractivity contribution >= 4 is 11.6 Å². The highest BCUT2D eigenvalue weighted by Gasteiger charge is 2.29. The van der Waals surface area contributed by atoms with Crippen LogP contribution in [-0.2, 0) is 4.79 Å². The summed E-state index contributed by atoms with van der Waals surface area (Å²) in [6.45, 7) is 0.194. The number of alkyl halides is 1. The lowest BCUT2D eigenvalue weighted by atomic mass is 10.2. The molecule has 1 saturated heterocycles. The molecule has 2 rings (SSSR count). The summed E-state index contributed by atoms with van der Waals surface area (Å²) in [5.74, 6) is -0.936. The molecular weight excluding hydrogens is 216 g/mol. The molecule has 0 saturated carbocycles. The second-order valence-corrected chi connectivity index (χ2v) is 3.65. The monoisotopic (exact) mass is 227 g/mol. The summed E-state index contributed by atoms with van der Waals surface area (Å²) in [5, 5.41) is 5.29. The molecule has 0 spiro atoms. The van der Waals surface area contributed by atoms with Crippen molar-refractivity contribution in [3.63, 3.8) is 0 Å². The smallest absolute Gasteiger partial charge is 0.241 e.